The molecule has 0 spiro atoms. The molecule has 1 heterocycles. The fourth-order valence-electron chi connectivity index (χ4n) is 4.05. The molecule has 2 atom stereocenters. The first kappa shape index (κ1) is 13.7. The number of aliphatic carboxylic acids is 1. The number of carbonyl (C=O) groups excluding carboxylic acids is 1. The van der Waals surface area contributed by atoms with Gasteiger partial charge in [-0.05, 0) is 32.1 Å². The van der Waals surface area contributed by atoms with Crippen LogP contribution < -0.4 is 5.32 Å². The van der Waals surface area contributed by atoms with Crippen LogP contribution >= 0.6 is 0 Å². The van der Waals surface area contributed by atoms with E-state index in [0.717, 1.165) is 30.9 Å². The molecular formula is C15H20N4O3. The molecule has 3 aliphatic rings. The lowest BCUT2D eigenvalue weighted by atomic mass is 9.95. The molecule has 4 rings (SSSR count). The molecule has 3 saturated carbocycles. The van der Waals surface area contributed by atoms with Crippen LogP contribution in [0, 0.1) is 10.8 Å². The highest BCUT2D eigenvalue weighted by Gasteiger charge is 2.78. The van der Waals surface area contributed by atoms with Crippen LogP contribution in [0.25, 0.3) is 0 Å². The third-order valence-electron chi connectivity index (χ3n) is 5.66. The molecular weight excluding hydrogens is 284 g/mol. The lowest BCUT2D eigenvalue weighted by Gasteiger charge is -2.14. The maximum Gasteiger partial charge on any atom is 0.310 e. The number of carboxylic acids is 1. The van der Waals surface area contributed by atoms with E-state index in [1.165, 1.54) is 0 Å². The van der Waals surface area contributed by atoms with Gasteiger partial charge in [0.15, 0.2) is 5.82 Å². The summed E-state index contributed by atoms with van der Waals surface area (Å²) in [6.45, 7) is 0.312. The van der Waals surface area contributed by atoms with Crippen molar-refractivity contribution in [1.29, 1.82) is 0 Å². The molecule has 2 N–H and O–H groups in total. The maximum atomic E-state index is 12.5. The molecule has 0 unspecified atom stereocenters. The van der Waals surface area contributed by atoms with Gasteiger partial charge in [-0.25, -0.2) is 4.98 Å². The van der Waals surface area contributed by atoms with E-state index >= 15 is 0 Å². The van der Waals surface area contributed by atoms with Crippen molar-refractivity contribution in [2.75, 3.05) is 0 Å². The van der Waals surface area contributed by atoms with Crippen LogP contribution in [-0.2, 0) is 23.2 Å². The van der Waals surface area contributed by atoms with Crippen molar-refractivity contribution in [3.05, 3.63) is 11.6 Å². The molecule has 0 aromatic carbocycles. The summed E-state index contributed by atoms with van der Waals surface area (Å²) in [6, 6.07) is 0. The molecule has 1 amide bonds. The Balaban J connectivity index is 1.44. The van der Waals surface area contributed by atoms with Gasteiger partial charge in [0, 0.05) is 13.0 Å². The number of hydrogen-bond acceptors (Lipinski definition) is 4. The number of carboxylic acid groups (broad SMARTS) is 1. The average Bonchev–Trinajstić information content (AvgIpc) is 3.38. The van der Waals surface area contributed by atoms with Crippen LogP contribution in [0.2, 0.25) is 0 Å². The Morgan fingerprint density at radius 1 is 1.36 bits per heavy atom. The van der Waals surface area contributed by atoms with Gasteiger partial charge in [-0.1, -0.05) is 6.42 Å². The molecule has 0 saturated heterocycles. The van der Waals surface area contributed by atoms with Crippen LogP contribution in [-0.4, -0.2) is 31.7 Å². The molecule has 1 aromatic rings. The zero-order valence-electron chi connectivity index (χ0n) is 12.6. The fraction of sp³-hybridized carbons (Fsp3) is 0.733. The summed E-state index contributed by atoms with van der Waals surface area (Å²) in [7, 11) is 1.83. The lowest BCUT2D eigenvalue weighted by Crippen LogP contribution is -2.35. The summed E-state index contributed by atoms with van der Waals surface area (Å²) < 4.78 is 1.71. The fourth-order valence-corrected chi connectivity index (χ4v) is 4.05. The average molecular weight is 304 g/mol. The molecule has 7 nitrogen and oxygen atoms in total. The van der Waals surface area contributed by atoms with Crippen LogP contribution in [0.4, 0.5) is 0 Å². The second-order valence-corrected chi connectivity index (χ2v) is 6.97. The van der Waals surface area contributed by atoms with Crippen molar-refractivity contribution in [3.63, 3.8) is 0 Å². The highest BCUT2D eigenvalue weighted by Crippen LogP contribution is 2.73. The summed E-state index contributed by atoms with van der Waals surface area (Å²) in [6.07, 6.45) is 4.87. The summed E-state index contributed by atoms with van der Waals surface area (Å²) >= 11 is 0. The van der Waals surface area contributed by atoms with Crippen molar-refractivity contribution in [1.82, 2.24) is 20.1 Å². The number of aromatic nitrogens is 3. The van der Waals surface area contributed by atoms with Gasteiger partial charge in [-0.15, -0.1) is 0 Å². The normalized spacial score (nSPS) is 32.6. The van der Waals surface area contributed by atoms with E-state index in [1.54, 1.807) is 4.68 Å². The molecule has 0 radical (unpaired) electrons. The summed E-state index contributed by atoms with van der Waals surface area (Å²) in [5.41, 5.74) is -1.49. The minimum atomic E-state index is -0.824. The van der Waals surface area contributed by atoms with Gasteiger partial charge >= 0.3 is 5.97 Å². The topological polar surface area (TPSA) is 97.1 Å². The van der Waals surface area contributed by atoms with E-state index in [4.69, 9.17) is 0 Å². The zero-order chi connectivity index (χ0) is 15.5. The highest BCUT2D eigenvalue weighted by molar-refractivity contribution is 5.97. The molecule has 1 aromatic heterocycles. The molecule has 3 fully saturated rings. The molecule has 0 aliphatic heterocycles. The predicted molar refractivity (Wildman–Crippen MR) is 75.8 cm³/mol. The van der Waals surface area contributed by atoms with Crippen molar-refractivity contribution in [3.8, 4) is 0 Å². The van der Waals surface area contributed by atoms with Gasteiger partial charge in [-0.3, -0.25) is 14.3 Å². The Hall–Kier alpha value is -1.92. The number of nitrogens with one attached hydrogen (secondary N) is 1. The zero-order valence-corrected chi connectivity index (χ0v) is 12.6. The minimum absolute atomic E-state index is 0.136. The summed E-state index contributed by atoms with van der Waals surface area (Å²) in [4.78, 5) is 28.5. The first-order valence-corrected chi connectivity index (χ1v) is 7.90. The smallest absolute Gasteiger partial charge is 0.310 e. The van der Waals surface area contributed by atoms with Crippen LogP contribution in [0.3, 0.4) is 0 Å². The van der Waals surface area contributed by atoms with Crippen molar-refractivity contribution >= 4 is 11.9 Å². The van der Waals surface area contributed by atoms with Gasteiger partial charge in [0.25, 0.3) is 0 Å². The first-order chi connectivity index (χ1) is 10.5. The van der Waals surface area contributed by atoms with Crippen LogP contribution in [0.5, 0.6) is 0 Å². The summed E-state index contributed by atoms with van der Waals surface area (Å²) in [5.74, 6) is 1.11. The van der Waals surface area contributed by atoms with Gasteiger partial charge < -0.3 is 10.4 Å². The second kappa shape index (κ2) is 4.30. The molecule has 3 aliphatic carbocycles. The SMILES string of the molecule is Cn1nc(C2CC2)nc1CNC(=O)[C@@]12CCC[C@]1(C(=O)O)C2. The third kappa shape index (κ3) is 1.74. The highest BCUT2D eigenvalue weighted by atomic mass is 16.4. The van der Waals surface area contributed by atoms with Gasteiger partial charge in [-0.2, -0.15) is 5.10 Å². The van der Waals surface area contributed by atoms with E-state index in [9.17, 15) is 14.7 Å². The van der Waals surface area contributed by atoms with Crippen molar-refractivity contribution in [2.24, 2.45) is 17.9 Å². The van der Waals surface area contributed by atoms with E-state index in [0.29, 0.717) is 31.7 Å². The quantitative estimate of drug-likeness (QED) is 0.844. The van der Waals surface area contributed by atoms with Gasteiger partial charge in [0.05, 0.1) is 17.4 Å². The standard InChI is InChI=1S/C15H20N4O3/c1-19-10(17-11(18-19)9-3-4-9)7-16-12(20)14-5-2-6-15(14,8-14)13(21)22/h9H,2-8H2,1H3,(H,16,20)(H,21,22)/t14-,15+/m0/s1. The third-order valence-corrected chi connectivity index (χ3v) is 5.66. The van der Waals surface area contributed by atoms with Crippen molar-refractivity contribution in [2.45, 2.75) is 51.0 Å². The summed E-state index contributed by atoms with van der Waals surface area (Å²) in [5, 5.41) is 16.7. The Bertz CT molecular complexity index is 666. The van der Waals surface area contributed by atoms with Crippen LogP contribution in [0.15, 0.2) is 0 Å². The maximum absolute atomic E-state index is 12.5. The first-order valence-electron chi connectivity index (χ1n) is 7.90. The van der Waals surface area contributed by atoms with Crippen LogP contribution in [0.1, 0.15) is 56.1 Å². The van der Waals surface area contributed by atoms with E-state index < -0.39 is 16.8 Å². The Kier molecular flexibility index (Phi) is 2.68. The monoisotopic (exact) mass is 304 g/mol. The number of carbonyl (C=O) groups is 2. The predicted octanol–water partition coefficient (Wildman–Crippen LogP) is 0.954. The Labute approximate surface area is 128 Å². The second-order valence-electron chi connectivity index (χ2n) is 6.97. The molecule has 118 valence electrons. The number of aryl methyl sites for hydroxylation is 1. The van der Waals surface area contributed by atoms with E-state index in [-0.39, 0.29) is 5.91 Å². The van der Waals surface area contributed by atoms with E-state index in [1.807, 2.05) is 7.05 Å². The van der Waals surface area contributed by atoms with Gasteiger partial charge in [0.1, 0.15) is 5.82 Å². The molecule has 22 heavy (non-hydrogen) atoms. The van der Waals surface area contributed by atoms with Crippen molar-refractivity contribution < 1.29 is 14.7 Å². The minimum Gasteiger partial charge on any atom is -0.481 e. The Morgan fingerprint density at radius 3 is 2.73 bits per heavy atom. The largest absolute Gasteiger partial charge is 0.481 e. The number of fused-ring (bicyclic) bond motifs is 1. The number of amides is 1. The van der Waals surface area contributed by atoms with Gasteiger partial charge in [0.2, 0.25) is 5.91 Å². The molecule has 7 heteroatoms. The van der Waals surface area contributed by atoms with E-state index in [2.05, 4.69) is 15.4 Å². The number of hydrogen-bond donors (Lipinski definition) is 2. The number of nitrogens with zero attached hydrogens (tertiary/aromatic N) is 3. The number of rotatable bonds is 5. The lowest BCUT2D eigenvalue weighted by molar-refractivity contribution is -0.146. The molecule has 0 bridgehead atoms. The Morgan fingerprint density at radius 2 is 2.09 bits per heavy atom.